The van der Waals surface area contributed by atoms with Crippen molar-refractivity contribution < 1.29 is 9.90 Å². The van der Waals surface area contributed by atoms with Crippen LogP contribution in [0.5, 0.6) is 0 Å². The molecule has 0 bridgehead atoms. The Morgan fingerprint density at radius 1 is 1.53 bits per heavy atom. The summed E-state index contributed by atoms with van der Waals surface area (Å²) in [4.78, 5) is 11.0. The first-order chi connectivity index (χ1) is 6.99. The highest BCUT2D eigenvalue weighted by molar-refractivity contribution is 6.31. The van der Waals surface area contributed by atoms with Gasteiger partial charge in [0.25, 0.3) is 0 Å². The van der Waals surface area contributed by atoms with Gasteiger partial charge in [-0.25, -0.2) is 0 Å². The summed E-state index contributed by atoms with van der Waals surface area (Å²) < 4.78 is 0. The number of carboxylic acids is 1. The van der Waals surface area contributed by atoms with Crippen LogP contribution in [0.15, 0.2) is 12.1 Å². The van der Waals surface area contributed by atoms with Crippen molar-refractivity contribution in [3.8, 4) is 0 Å². The van der Waals surface area contributed by atoms with E-state index in [4.69, 9.17) is 22.4 Å². The maximum Gasteiger partial charge on any atom is 0.312 e. The molecule has 0 saturated heterocycles. The van der Waals surface area contributed by atoms with Crippen LogP contribution in [-0.2, 0) is 4.79 Å². The third kappa shape index (κ3) is 2.30. The number of aliphatic carboxylic acids is 1. The molecule has 1 aromatic rings. The van der Waals surface area contributed by atoms with Crippen molar-refractivity contribution >= 4 is 17.6 Å². The number of aryl methyl sites for hydroxylation is 1. The van der Waals surface area contributed by atoms with Crippen LogP contribution in [0.25, 0.3) is 0 Å². The van der Waals surface area contributed by atoms with Gasteiger partial charge in [0.15, 0.2) is 0 Å². The van der Waals surface area contributed by atoms with Gasteiger partial charge in [0, 0.05) is 11.6 Å². The van der Waals surface area contributed by atoms with Crippen LogP contribution in [0.2, 0.25) is 5.02 Å². The molecule has 0 spiro atoms. The Bertz CT molecular complexity index is 390. The van der Waals surface area contributed by atoms with E-state index in [0.29, 0.717) is 10.6 Å². The highest BCUT2D eigenvalue weighted by Gasteiger charge is 2.23. The normalized spacial score (nSPS) is 12.5. The Morgan fingerprint density at radius 3 is 2.60 bits per heavy atom. The van der Waals surface area contributed by atoms with Crippen molar-refractivity contribution in [2.45, 2.75) is 19.8 Å². The number of carbonyl (C=O) groups is 1. The van der Waals surface area contributed by atoms with Gasteiger partial charge in [-0.3, -0.25) is 4.79 Å². The lowest BCUT2D eigenvalue weighted by atomic mass is 9.92. The SMILES string of the molecule is Cc1ccc(Cl)c(C(CN)C(=O)O)c1C. The number of carboxylic acid groups (broad SMARTS) is 1. The first-order valence-corrected chi connectivity index (χ1v) is 5.05. The van der Waals surface area contributed by atoms with E-state index in [-0.39, 0.29) is 6.54 Å². The zero-order valence-corrected chi connectivity index (χ0v) is 9.51. The number of hydrogen-bond acceptors (Lipinski definition) is 2. The Morgan fingerprint density at radius 2 is 2.13 bits per heavy atom. The quantitative estimate of drug-likeness (QED) is 0.831. The number of halogens is 1. The monoisotopic (exact) mass is 227 g/mol. The van der Waals surface area contributed by atoms with Crippen LogP contribution in [0.4, 0.5) is 0 Å². The summed E-state index contributed by atoms with van der Waals surface area (Å²) in [7, 11) is 0. The summed E-state index contributed by atoms with van der Waals surface area (Å²) in [6.07, 6.45) is 0. The van der Waals surface area contributed by atoms with Gasteiger partial charge in [0.1, 0.15) is 0 Å². The molecule has 3 nitrogen and oxygen atoms in total. The first-order valence-electron chi connectivity index (χ1n) is 4.67. The maximum atomic E-state index is 11.0. The van der Waals surface area contributed by atoms with E-state index >= 15 is 0 Å². The van der Waals surface area contributed by atoms with E-state index in [1.54, 1.807) is 6.07 Å². The van der Waals surface area contributed by atoms with Crippen molar-refractivity contribution in [1.82, 2.24) is 0 Å². The van der Waals surface area contributed by atoms with Gasteiger partial charge in [0.2, 0.25) is 0 Å². The summed E-state index contributed by atoms with van der Waals surface area (Å²) in [6.45, 7) is 3.84. The van der Waals surface area contributed by atoms with Crippen molar-refractivity contribution in [2.75, 3.05) is 6.54 Å². The van der Waals surface area contributed by atoms with E-state index in [1.807, 2.05) is 19.9 Å². The fourth-order valence-electron chi connectivity index (χ4n) is 1.57. The minimum absolute atomic E-state index is 0.0549. The Kier molecular flexibility index (Phi) is 3.72. The lowest BCUT2D eigenvalue weighted by molar-refractivity contribution is -0.138. The van der Waals surface area contributed by atoms with Crippen LogP contribution in [0.1, 0.15) is 22.6 Å². The number of rotatable bonds is 3. The molecule has 0 heterocycles. The number of nitrogens with two attached hydrogens (primary N) is 1. The Labute approximate surface area is 93.9 Å². The van der Waals surface area contributed by atoms with Crippen molar-refractivity contribution in [2.24, 2.45) is 5.73 Å². The average Bonchev–Trinajstić information content (AvgIpc) is 2.18. The second kappa shape index (κ2) is 4.64. The molecule has 1 atom stereocenters. The summed E-state index contributed by atoms with van der Waals surface area (Å²) >= 11 is 6.00. The summed E-state index contributed by atoms with van der Waals surface area (Å²) in [6, 6.07) is 3.58. The minimum atomic E-state index is -0.937. The van der Waals surface area contributed by atoms with Crippen LogP contribution in [0.3, 0.4) is 0 Å². The lowest BCUT2D eigenvalue weighted by Gasteiger charge is -2.16. The smallest absolute Gasteiger partial charge is 0.312 e. The van der Waals surface area contributed by atoms with Crippen LogP contribution >= 0.6 is 11.6 Å². The predicted octanol–water partition coefficient (Wildman–Crippen LogP) is 2.08. The number of hydrogen-bond donors (Lipinski definition) is 2. The molecule has 3 N–H and O–H groups in total. The molecule has 4 heteroatoms. The van der Waals surface area contributed by atoms with Gasteiger partial charge < -0.3 is 10.8 Å². The van der Waals surface area contributed by atoms with Crippen LogP contribution in [0, 0.1) is 13.8 Å². The van der Waals surface area contributed by atoms with Gasteiger partial charge in [0.05, 0.1) is 5.92 Å². The molecule has 0 fully saturated rings. The second-order valence-corrected chi connectivity index (χ2v) is 3.94. The molecule has 1 unspecified atom stereocenters. The molecule has 1 rings (SSSR count). The fraction of sp³-hybridized carbons (Fsp3) is 0.364. The first kappa shape index (κ1) is 12.0. The molecule has 1 aromatic carbocycles. The summed E-state index contributed by atoms with van der Waals surface area (Å²) in [5, 5.41) is 9.50. The molecule has 15 heavy (non-hydrogen) atoms. The second-order valence-electron chi connectivity index (χ2n) is 3.53. The molecule has 0 aromatic heterocycles. The topological polar surface area (TPSA) is 63.3 Å². The standard InChI is InChI=1S/C11H14ClNO2/c1-6-3-4-9(12)10(7(6)2)8(5-13)11(14)15/h3-4,8H,5,13H2,1-2H3,(H,14,15). The largest absolute Gasteiger partial charge is 0.481 e. The van der Waals surface area contributed by atoms with Gasteiger partial charge in [-0.05, 0) is 36.6 Å². The molecular formula is C11H14ClNO2. The summed E-state index contributed by atoms with van der Waals surface area (Å²) in [5.41, 5.74) is 8.01. The van der Waals surface area contributed by atoms with Gasteiger partial charge in [-0.2, -0.15) is 0 Å². The van der Waals surface area contributed by atoms with E-state index in [1.165, 1.54) is 0 Å². The van der Waals surface area contributed by atoms with Gasteiger partial charge in [-0.1, -0.05) is 17.7 Å². The van der Waals surface area contributed by atoms with E-state index in [0.717, 1.165) is 11.1 Å². The lowest BCUT2D eigenvalue weighted by Crippen LogP contribution is -2.22. The molecule has 0 amide bonds. The highest BCUT2D eigenvalue weighted by Crippen LogP contribution is 2.29. The zero-order chi connectivity index (χ0) is 11.6. The third-order valence-electron chi connectivity index (χ3n) is 2.61. The van der Waals surface area contributed by atoms with Crippen LogP contribution in [-0.4, -0.2) is 17.6 Å². The molecule has 0 saturated carbocycles. The Hall–Kier alpha value is -1.06. The van der Waals surface area contributed by atoms with Crippen molar-refractivity contribution in [3.05, 3.63) is 33.8 Å². The maximum absolute atomic E-state index is 11.0. The van der Waals surface area contributed by atoms with Crippen molar-refractivity contribution in [3.63, 3.8) is 0 Å². The van der Waals surface area contributed by atoms with Crippen LogP contribution < -0.4 is 5.73 Å². The fourth-order valence-corrected chi connectivity index (χ4v) is 1.91. The third-order valence-corrected chi connectivity index (χ3v) is 2.94. The molecule has 82 valence electrons. The van der Waals surface area contributed by atoms with Crippen molar-refractivity contribution in [1.29, 1.82) is 0 Å². The van der Waals surface area contributed by atoms with E-state index in [2.05, 4.69) is 0 Å². The zero-order valence-electron chi connectivity index (χ0n) is 8.75. The Balaban J connectivity index is 3.34. The molecule has 0 aliphatic heterocycles. The molecule has 0 aliphatic rings. The van der Waals surface area contributed by atoms with E-state index in [9.17, 15) is 4.79 Å². The van der Waals surface area contributed by atoms with Gasteiger partial charge >= 0.3 is 5.97 Å². The highest BCUT2D eigenvalue weighted by atomic mass is 35.5. The molecule has 0 radical (unpaired) electrons. The minimum Gasteiger partial charge on any atom is -0.481 e. The molecule has 0 aliphatic carbocycles. The molecular weight excluding hydrogens is 214 g/mol. The van der Waals surface area contributed by atoms with Gasteiger partial charge in [-0.15, -0.1) is 0 Å². The average molecular weight is 228 g/mol. The number of benzene rings is 1. The predicted molar refractivity (Wildman–Crippen MR) is 60.4 cm³/mol. The van der Waals surface area contributed by atoms with E-state index < -0.39 is 11.9 Å². The summed E-state index contributed by atoms with van der Waals surface area (Å²) in [5.74, 6) is -1.66.